The van der Waals surface area contributed by atoms with E-state index in [0.29, 0.717) is 35.9 Å². The standard InChI is InChI=1S/C28H24N6O3/c1-18-7-6-8-20(15-18)16-33-23-25(35)29-28(36)32(2)26(23)34-24(30-31-27(33)34)21-13-11-19(12-14-21)17-37-22-9-4-3-5-10-22/h3-15H,16-17H2,1-2H3,(H,29,35,36). The molecule has 0 atom stereocenters. The van der Waals surface area contributed by atoms with Gasteiger partial charge in [-0.3, -0.25) is 18.9 Å². The number of benzene rings is 3. The predicted octanol–water partition coefficient (Wildman–Crippen LogP) is 3.67. The lowest BCUT2D eigenvalue weighted by Crippen LogP contribution is -2.29. The molecular formula is C28H24N6O3. The SMILES string of the molecule is Cc1cccc(Cn2c3c(=O)[nH]c(=O)n(C)c3n3c(-c4ccc(COc5ccccc5)cc4)nnc23)c1. The second-order valence-electron chi connectivity index (χ2n) is 9.02. The molecule has 3 aromatic heterocycles. The van der Waals surface area contributed by atoms with Gasteiger partial charge < -0.3 is 4.74 Å². The normalized spacial score (nSPS) is 11.4. The van der Waals surface area contributed by atoms with Gasteiger partial charge in [-0.25, -0.2) is 9.20 Å². The number of nitrogens with one attached hydrogen (secondary N) is 1. The molecule has 0 aliphatic carbocycles. The van der Waals surface area contributed by atoms with E-state index in [-0.39, 0.29) is 0 Å². The maximum atomic E-state index is 13.0. The van der Waals surface area contributed by atoms with Crippen molar-refractivity contribution in [2.75, 3.05) is 0 Å². The van der Waals surface area contributed by atoms with Gasteiger partial charge in [-0.1, -0.05) is 72.3 Å². The van der Waals surface area contributed by atoms with Crippen molar-refractivity contribution in [1.29, 1.82) is 0 Å². The molecule has 0 saturated carbocycles. The van der Waals surface area contributed by atoms with E-state index < -0.39 is 11.2 Å². The minimum Gasteiger partial charge on any atom is -0.489 e. The van der Waals surface area contributed by atoms with Gasteiger partial charge in [0.05, 0.1) is 6.54 Å². The number of nitrogens with zero attached hydrogens (tertiary/aromatic N) is 5. The van der Waals surface area contributed by atoms with Gasteiger partial charge in [-0.05, 0) is 30.2 Å². The summed E-state index contributed by atoms with van der Waals surface area (Å²) in [4.78, 5) is 28.0. The number of aryl methyl sites for hydroxylation is 2. The van der Waals surface area contributed by atoms with Crippen molar-refractivity contribution in [1.82, 2.24) is 28.7 Å². The number of aromatic nitrogens is 6. The molecular weight excluding hydrogens is 468 g/mol. The molecule has 0 amide bonds. The second kappa shape index (κ2) is 8.94. The van der Waals surface area contributed by atoms with E-state index in [9.17, 15) is 9.59 Å². The summed E-state index contributed by atoms with van der Waals surface area (Å²) < 4.78 is 10.9. The number of hydrogen-bond donors (Lipinski definition) is 1. The van der Waals surface area contributed by atoms with Crippen molar-refractivity contribution < 1.29 is 4.74 Å². The molecule has 0 aliphatic heterocycles. The lowest BCUT2D eigenvalue weighted by molar-refractivity contribution is 0.306. The van der Waals surface area contributed by atoms with Crippen LogP contribution in [0.1, 0.15) is 16.7 Å². The molecule has 1 N–H and O–H groups in total. The highest BCUT2D eigenvalue weighted by molar-refractivity contribution is 5.79. The Morgan fingerprint density at radius 2 is 1.68 bits per heavy atom. The molecule has 0 radical (unpaired) electrons. The summed E-state index contributed by atoms with van der Waals surface area (Å²) in [5.41, 5.74) is 3.77. The number of fused-ring (bicyclic) bond motifs is 3. The van der Waals surface area contributed by atoms with E-state index in [4.69, 9.17) is 4.74 Å². The summed E-state index contributed by atoms with van der Waals surface area (Å²) in [5, 5.41) is 8.90. The highest BCUT2D eigenvalue weighted by Crippen LogP contribution is 2.25. The third kappa shape index (κ3) is 4.00. The van der Waals surface area contributed by atoms with E-state index in [1.807, 2.05) is 79.7 Å². The Morgan fingerprint density at radius 3 is 2.43 bits per heavy atom. The molecule has 0 fully saturated rings. The fraction of sp³-hybridized carbons (Fsp3) is 0.143. The zero-order valence-electron chi connectivity index (χ0n) is 20.4. The Hall–Kier alpha value is -4.92. The average Bonchev–Trinajstić information content (AvgIpc) is 3.46. The molecule has 3 heterocycles. The fourth-order valence-corrected chi connectivity index (χ4v) is 4.61. The Labute approximate surface area is 211 Å². The van der Waals surface area contributed by atoms with Crippen LogP contribution < -0.4 is 16.0 Å². The van der Waals surface area contributed by atoms with Crippen LogP contribution in [0.25, 0.3) is 28.3 Å². The van der Waals surface area contributed by atoms with Gasteiger partial charge in [0.15, 0.2) is 17.0 Å². The highest BCUT2D eigenvalue weighted by atomic mass is 16.5. The van der Waals surface area contributed by atoms with Crippen molar-refractivity contribution in [2.45, 2.75) is 20.1 Å². The van der Waals surface area contributed by atoms with Crippen LogP contribution in [0.15, 0.2) is 88.5 Å². The Morgan fingerprint density at radius 1 is 0.892 bits per heavy atom. The van der Waals surface area contributed by atoms with Crippen LogP contribution in [0.5, 0.6) is 5.75 Å². The van der Waals surface area contributed by atoms with Crippen LogP contribution >= 0.6 is 0 Å². The van der Waals surface area contributed by atoms with Crippen LogP contribution in [0.2, 0.25) is 0 Å². The van der Waals surface area contributed by atoms with E-state index in [0.717, 1.165) is 28.0 Å². The van der Waals surface area contributed by atoms with Gasteiger partial charge in [0.25, 0.3) is 5.56 Å². The summed E-state index contributed by atoms with van der Waals surface area (Å²) in [6.07, 6.45) is 0. The topological polar surface area (TPSA) is 99.2 Å². The fourth-order valence-electron chi connectivity index (χ4n) is 4.61. The molecule has 6 rings (SSSR count). The van der Waals surface area contributed by atoms with Crippen LogP contribution in [0.3, 0.4) is 0 Å². The van der Waals surface area contributed by atoms with Crippen molar-refractivity contribution in [3.63, 3.8) is 0 Å². The van der Waals surface area contributed by atoms with Gasteiger partial charge in [0.1, 0.15) is 12.4 Å². The smallest absolute Gasteiger partial charge is 0.329 e. The molecule has 37 heavy (non-hydrogen) atoms. The molecule has 9 nitrogen and oxygen atoms in total. The number of aromatic amines is 1. The Kier molecular flexibility index (Phi) is 5.45. The number of imidazole rings is 1. The monoisotopic (exact) mass is 492 g/mol. The molecule has 0 aliphatic rings. The first-order chi connectivity index (χ1) is 18.0. The number of para-hydroxylation sites is 1. The van der Waals surface area contributed by atoms with Crippen LogP contribution in [-0.2, 0) is 20.2 Å². The third-order valence-electron chi connectivity index (χ3n) is 6.42. The quantitative estimate of drug-likeness (QED) is 0.383. The van der Waals surface area contributed by atoms with Gasteiger partial charge in [-0.15, -0.1) is 10.2 Å². The summed E-state index contributed by atoms with van der Waals surface area (Å²) in [6, 6.07) is 25.5. The van der Waals surface area contributed by atoms with Gasteiger partial charge in [0, 0.05) is 12.6 Å². The third-order valence-corrected chi connectivity index (χ3v) is 6.42. The molecule has 6 aromatic rings. The Balaban J connectivity index is 1.45. The minimum atomic E-state index is -0.500. The van der Waals surface area contributed by atoms with Gasteiger partial charge >= 0.3 is 5.69 Å². The largest absolute Gasteiger partial charge is 0.489 e. The second-order valence-corrected chi connectivity index (χ2v) is 9.02. The molecule has 184 valence electrons. The number of ether oxygens (including phenoxy) is 1. The first kappa shape index (κ1) is 22.5. The maximum absolute atomic E-state index is 13.0. The van der Waals surface area contributed by atoms with Crippen molar-refractivity contribution in [2.24, 2.45) is 7.05 Å². The zero-order valence-corrected chi connectivity index (χ0v) is 20.4. The average molecular weight is 493 g/mol. The predicted molar refractivity (Wildman–Crippen MR) is 141 cm³/mol. The lowest BCUT2D eigenvalue weighted by Gasteiger charge is -2.07. The summed E-state index contributed by atoms with van der Waals surface area (Å²) in [6.45, 7) is 2.86. The van der Waals surface area contributed by atoms with Crippen molar-refractivity contribution >= 4 is 16.9 Å². The van der Waals surface area contributed by atoms with Gasteiger partial charge in [0.2, 0.25) is 5.78 Å². The van der Waals surface area contributed by atoms with E-state index >= 15 is 0 Å². The molecule has 0 spiro atoms. The van der Waals surface area contributed by atoms with E-state index in [2.05, 4.69) is 21.2 Å². The lowest BCUT2D eigenvalue weighted by atomic mass is 10.1. The molecule has 0 bridgehead atoms. The summed E-state index contributed by atoms with van der Waals surface area (Å²) in [7, 11) is 1.63. The first-order valence-corrected chi connectivity index (χ1v) is 11.9. The minimum absolute atomic E-state index is 0.364. The zero-order chi connectivity index (χ0) is 25.5. The molecule has 0 saturated heterocycles. The summed E-state index contributed by atoms with van der Waals surface area (Å²) in [5.74, 6) is 1.83. The number of H-pyrrole nitrogens is 1. The molecule has 9 heteroatoms. The van der Waals surface area contributed by atoms with E-state index in [1.54, 1.807) is 16.0 Å². The van der Waals surface area contributed by atoms with E-state index in [1.165, 1.54) is 4.57 Å². The van der Waals surface area contributed by atoms with Crippen LogP contribution in [0.4, 0.5) is 0 Å². The first-order valence-electron chi connectivity index (χ1n) is 11.9. The molecule has 3 aromatic carbocycles. The highest BCUT2D eigenvalue weighted by Gasteiger charge is 2.23. The number of rotatable bonds is 6. The Bertz CT molecular complexity index is 1860. The van der Waals surface area contributed by atoms with Crippen LogP contribution in [0, 0.1) is 6.92 Å². The maximum Gasteiger partial charge on any atom is 0.329 e. The van der Waals surface area contributed by atoms with Crippen LogP contribution in [-0.4, -0.2) is 28.7 Å². The summed E-state index contributed by atoms with van der Waals surface area (Å²) >= 11 is 0. The number of hydrogen-bond acceptors (Lipinski definition) is 5. The van der Waals surface area contributed by atoms with Crippen molar-refractivity contribution in [3.8, 4) is 17.1 Å². The van der Waals surface area contributed by atoms with Gasteiger partial charge in [-0.2, -0.15) is 0 Å². The molecule has 0 unspecified atom stereocenters. The van der Waals surface area contributed by atoms with Crippen molar-refractivity contribution in [3.05, 3.63) is 116 Å².